The number of methoxy groups -OCH3 is 1. The number of hydrogen-bond acceptors (Lipinski definition) is 4. The van der Waals surface area contributed by atoms with Crippen molar-refractivity contribution >= 4 is 11.9 Å². The number of unbranched alkanes of at least 4 members (excludes halogenated alkanes) is 1. The molecule has 0 saturated heterocycles. The molecule has 0 atom stereocenters. The van der Waals surface area contributed by atoms with Gasteiger partial charge < -0.3 is 9.64 Å². The van der Waals surface area contributed by atoms with E-state index in [-0.39, 0.29) is 19.0 Å². The molecule has 0 aliphatic heterocycles. The van der Waals surface area contributed by atoms with Crippen LogP contribution in [0.1, 0.15) is 37.3 Å². The summed E-state index contributed by atoms with van der Waals surface area (Å²) in [6.45, 7) is 2.18. The van der Waals surface area contributed by atoms with Gasteiger partial charge in [0.05, 0.1) is 18.7 Å². The molecule has 5 heteroatoms. The standard InChI is InChI=1S/C22H24N2O3/c1-3-4-10-21(25)24(16-22(26)27-2)15-17-11-12-20(19(13-17)14-23)18-8-6-5-7-9-18/h5-9,11-13H,3-4,10,15-16H2,1-2H3. The van der Waals surface area contributed by atoms with Crippen LogP contribution in [0.3, 0.4) is 0 Å². The molecule has 0 aliphatic carbocycles. The second-order valence-electron chi connectivity index (χ2n) is 6.29. The summed E-state index contributed by atoms with van der Waals surface area (Å²) in [5.74, 6) is -0.547. The highest BCUT2D eigenvalue weighted by atomic mass is 16.5. The highest BCUT2D eigenvalue weighted by Gasteiger charge is 2.18. The molecule has 0 heterocycles. The summed E-state index contributed by atoms with van der Waals surface area (Å²) in [4.78, 5) is 25.6. The molecular formula is C22H24N2O3. The topological polar surface area (TPSA) is 70.4 Å². The molecule has 0 unspecified atom stereocenters. The molecule has 2 rings (SSSR count). The third-order valence-electron chi connectivity index (χ3n) is 4.31. The summed E-state index contributed by atoms with van der Waals surface area (Å²) in [6, 6.07) is 17.5. The first-order chi connectivity index (χ1) is 13.1. The number of hydrogen-bond donors (Lipinski definition) is 0. The molecule has 5 nitrogen and oxygen atoms in total. The smallest absolute Gasteiger partial charge is 0.325 e. The summed E-state index contributed by atoms with van der Waals surface area (Å²) in [5, 5.41) is 9.54. The molecule has 0 saturated carbocycles. The molecule has 27 heavy (non-hydrogen) atoms. The molecular weight excluding hydrogens is 340 g/mol. The van der Waals surface area contributed by atoms with Crippen molar-refractivity contribution in [3.63, 3.8) is 0 Å². The molecule has 0 N–H and O–H groups in total. The Balaban J connectivity index is 2.25. The number of nitriles is 1. The zero-order chi connectivity index (χ0) is 19.6. The van der Waals surface area contributed by atoms with E-state index in [9.17, 15) is 14.9 Å². The lowest BCUT2D eigenvalue weighted by Crippen LogP contribution is -2.35. The van der Waals surface area contributed by atoms with Crippen LogP contribution in [0.4, 0.5) is 0 Å². The van der Waals surface area contributed by atoms with Gasteiger partial charge in [-0.3, -0.25) is 9.59 Å². The average molecular weight is 364 g/mol. The van der Waals surface area contributed by atoms with Crippen molar-refractivity contribution in [3.05, 3.63) is 59.7 Å². The van der Waals surface area contributed by atoms with Gasteiger partial charge in [-0.25, -0.2) is 0 Å². The lowest BCUT2D eigenvalue weighted by Gasteiger charge is -2.22. The third kappa shape index (κ3) is 5.68. The normalized spacial score (nSPS) is 10.1. The Morgan fingerprint density at radius 3 is 2.52 bits per heavy atom. The predicted molar refractivity (Wildman–Crippen MR) is 104 cm³/mol. The van der Waals surface area contributed by atoms with Crippen LogP contribution >= 0.6 is 0 Å². The van der Waals surface area contributed by atoms with Crippen molar-refractivity contribution < 1.29 is 14.3 Å². The van der Waals surface area contributed by atoms with E-state index in [0.717, 1.165) is 29.5 Å². The van der Waals surface area contributed by atoms with Gasteiger partial charge in [-0.1, -0.05) is 55.8 Å². The number of nitrogens with zero attached hydrogens (tertiary/aromatic N) is 2. The van der Waals surface area contributed by atoms with Gasteiger partial charge in [0.25, 0.3) is 0 Å². The second-order valence-corrected chi connectivity index (χ2v) is 6.29. The van der Waals surface area contributed by atoms with Crippen LogP contribution < -0.4 is 0 Å². The second kappa shape index (κ2) is 10.1. The summed E-state index contributed by atoms with van der Waals surface area (Å²) in [7, 11) is 1.31. The number of carbonyl (C=O) groups excluding carboxylic acids is 2. The van der Waals surface area contributed by atoms with E-state index in [4.69, 9.17) is 4.74 Å². The summed E-state index contributed by atoms with van der Waals surface area (Å²) in [5.41, 5.74) is 3.16. The summed E-state index contributed by atoms with van der Waals surface area (Å²) in [6.07, 6.45) is 2.07. The summed E-state index contributed by atoms with van der Waals surface area (Å²) < 4.78 is 4.71. The quantitative estimate of drug-likeness (QED) is 0.666. The van der Waals surface area contributed by atoms with Crippen LogP contribution in [0.2, 0.25) is 0 Å². The highest BCUT2D eigenvalue weighted by molar-refractivity contribution is 5.82. The zero-order valence-corrected chi connectivity index (χ0v) is 15.8. The van der Waals surface area contributed by atoms with Crippen molar-refractivity contribution in [1.82, 2.24) is 4.90 Å². The molecule has 2 aromatic carbocycles. The van der Waals surface area contributed by atoms with E-state index in [1.807, 2.05) is 49.4 Å². The Morgan fingerprint density at radius 1 is 1.15 bits per heavy atom. The molecule has 0 radical (unpaired) electrons. The number of rotatable bonds is 8. The Morgan fingerprint density at radius 2 is 1.89 bits per heavy atom. The molecule has 0 bridgehead atoms. The van der Waals surface area contributed by atoms with Gasteiger partial charge in [-0.2, -0.15) is 5.26 Å². The number of carbonyl (C=O) groups is 2. The van der Waals surface area contributed by atoms with Gasteiger partial charge in [0.2, 0.25) is 5.91 Å². The lowest BCUT2D eigenvalue weighted by atomic mass is 9.98. The fraction of sp³-hybridized carbons (Fsp3) is 0.318. The third-order valence-corrected chi connectivity index (χ3v) is 4.31. The maximum atomic E-state index is 12.5. The van der Waals surface area contributed by atoms with Crippen LogP contribution in [0, 0.1) is 11.3 Å². The zero-order valence-electron chi connectivity index (χ0n) is 15.8. The fourth-order valence-electron chi connectivity index (χ4n) is 2.81. The van der Waals surface area contributed by atoms with Gasteiger partial charge >= 0.3 is 5.97 Å². The molecule has 0 aliphatic rings. The molecule has 0 spiro atoms. The molecule has 0 fully saturated rings. The Hall–Kier alpha value is -3.13. The van der Waals surface area contributed by atoms with E-state index in [2.05, 4.69) is 6.07 Å². The SMILES string of the molecule is CCCCC(=O)N(CC(=O)OC)Cc1ccc(-c2ccccc2)c(C#N)c1. The Bertz CT molecular complexity index is 825. The minimum absolute atomic E-state index is 0.0899. The monoisotopic (exact) mass is 364 g/mol. The fourth-order valence-corrected chi connectivity index (χ4v) is 2.81. The first-order valence-electron chi connectivity index (χ1n) is 9.02. The maximum absolute atomic E-state index is 12.5. The Kier molecular flexibility index (Phi) is 7.57. The maximum Gasteiger partial charge on any atom is 0.325 e. The van der Waals surface area contributed by atoms with E-state index in [1.54, 1.807) is 6.07 Å². The van der Waals surface area contributed by atoms with Crippen LogP contribution in [0.25, 0.3) is 11.1 Å². The largest absolute Gasteiger partial charge is 0.468 e. The van der Waals surface area contributed by atoms with Gasteiger partial charge in [0, 0.05) is 13.0 Å². The van der Waals surface area contributed by atoms with Crippen molar-refractivity contribution in [2.75, 3.05) is 13.7 Å². The minimum atomic E-state index is -0.457. The number of benzene rings is 2. The van der Waals surface area contributed by atoms with Gasteiger partial charge in [-0.15, -0.1) is 0 Å². The molecule has 140 valence electrons. The van der Waals surface area contributed by atoms with Crippen LogP contribution in [-0.4, -0.2) is 30.4 Å². The van der Waals surface area contributed by atoms with Crippen molar-refractivity contribution in [3.8, 4) is 17.2 Å². The predicted octanol–water partition coefficient (Wildman–Crippen LogP) is 3.92. The van der Waals surface area contributed by atoms with Crippen molar-refractivity contribution in [2.24, 2.45) is 0 Å². The molecule has 1 amide bonds. The van der Waals surface area contributed by atoms with E-state index in [1.165, 1.54) is 12.0 Å². The number of amides is 1. The van der Waals surface area contributed by atoms with E-state index >= 15 is 0 Å². The van der Waals surface area contributed by atoms with E-state index < -0.39 is 5.97 Å². The van der Waals surface area contributed by atoms with Gasteiger partial charge in [0.15, 0.2) is 0 Å². The Labute approximate surface area is 160 Å². The van der Waals surface area contributed by atoms with E-state index in [0.29, 0.717) is 12.0 Å². The van der Waals surface area contributed by atoms with Crippen LogP contribution in [-0.2, 0) is 20.9 Å². The van der Waals surface area contributed by atoms with Gasteiger partial charge in [0.1, 0.15) is 6.54 Å². The number of ether oxygens (including phenoxy) is 1. The number of esters is 1. The minimum Gasteiger partial charge on any atom is -0.468 e. The molecule has 2 aromatic rings. The van der Waals surface area contributed by atoms with Crippen LogP contribution in [0.15, 0.2) is 48.5 Å². The lowest BCUT2D eigenvalue weighted by molar-refractivity contribution is -0.147. The first-order valence-corrected chi connectivity index (χ1v) is 9.02. The van der Waals surface area contributed by atoms with Crippen molar-refractivity contribution in [1.29, 1.82) is 5.26 Å². The van der Waals surface area contributed by atoms with Crippen LogP contribution in [0.5, 0.6) is 0 Å². The highest BCUT2D eigenvalue weighted by Crippen LogP contribution is 2.24. The molecule has 0 aromatic heterocycles. The van der Waals surface area contributed by atoms with Gasteiger partial charge in [-0.05, 0) is 29.2 Å². The summed E-state index contributed by atoms with van der Waals surface area (Å²) >= 11 is 0. The average Bonchev–Trinajstić information content (AvgIpc) is 2.71. The van der Waals surface area contributed by atoms with Crippen molar-refractivity contribution in [2.45, 2.75) is 32.7 Å². The first kappa shape index (κ1) is 20.2.